The van der Waals surface area contributed by atoms with Gasteiger partial charge in [-0.25, -0.2) is 4.79 Å². The van der Waals surface area contributed by atoms with Crippen LogP contribution >= 0.6 is 0 Å². The third kappa shape index (κ3) is 6.34. The zero-order chi connectivity index (χ0) is 27.3. The number of carbonyl (C=O) groups excluding carboxylic acids is 2. The molecule has 0 radical (unpaired) electrons. The van der Waals surface area contributed by atoms with Gasteiger partial charge in [-0.3, -0.25) is 9.48 Å². The first-order valence-corrected chi connectivity index (χ1v) is 12.9. The number of esters is 1. The van der Waals surface area contributed by atoms with Crippen LogP contribution in [0, 0.1) is 6.92 Å². The Labute approximate surface area is 223 Å². The minimum absolute atomic E-state index is 0.211. The van der Waals surface area contributed by atoms with Gasteiger partial charge in [0.25, 0.3) is 5.91 Å². The SMILES string of the molecule is CCOC(=O)C(C)(C)Oc1ccc(CNC(=O)c2cc(-c3ccc(N4CCOCC4)cc3)nn2C)cc1C. The molecule has 1 aromatic heterocycles. The summed E-state index contributed by atoms with van der Waals surface area (Å²) >= 11 is 0. The fraction of sp³-hybridized carbons (Fsp3) is 0.414. The molecule has 0 spiro atoms. The number of nitrogens with one attached hydrogen (secondary N) is 1. The molecule has 3 aromatic rings. The van der Waals surface area contributed by atoms with Crippen LogP contribution in [0.5, 0.6) is 5.75 Å². The number of benzene rings is 2. The molecule has 1 N–H and O–H groups in total. The van der Waals surface area contributed by atoms with Crippen LogP contribution in [0.3, 0.4) is 0 Å². The highest BCUT2D eigenvalue weighted by Gasteiger charge is 2.32. The van der Waals surface area contributed by atoms with E-state index in [0.717, 1.165) is 54.4 Å². The Kier molecular flexibility index (Phi) is 8.36. The summed E-state index contributed by atoms with van der Waals surface area (Å²) in [6, 6.07) is 15.6. The van der Waals surface area contributed by atoms with Crippen molar-refractivity contribution in [1.29, 1.82) is 0 Å². The van der Waals surface area contributed by atoms with Crippen molar-refractivity contribution in [2.45, 2.75) is 39.8 Å². The molecule has 0 atom stereocenters. The fourth-order valence-corrected chi connectivity index (χ4v) is 4.32. The van der Waals surface area contributed by atoms with Gasteiger partial charge in [0.1, 0.15) is 11.4 Å². The van der Waals surface area contributed by atoms with Gasteiger partial charge in [-0.05, 0) is 63.1 Å². The molecule has 2 aromatic carbocycles. The summed E-state index contributed by atoms with van der Waals surface area (Å²) in [5, 5.41) is 7.52. The van der Waals surface area contributed by atoms with Gasteiger partial charge in [0.15, 0.2) is 5.60 Å². The molecule has 0 aliphatic carbocycles. The van der Waals surface area contributed by atoms with Crippen LogP contribution in [-0.4, -0.2) is 60.2 Å². The maximum Gasteiger partial charge on any atom is 0.349 e. The van der Waals surface area contributed by atoms with Crippen molar-refractivity contribution in [1.82, 2.24) is 15.1 Å². The summed E-state index contributed by atoms with van der Waals surface area (Å²) < 4.78 is 18.0. The molecule has 1 aliphatic rings. The van der Waals surface area contributed by atoms with Crippen LogP contribution in [0.25, 0.3) is 11.3 Å². The number of aryl methyl sites for hydroxylation is 2. The Bertz CT molecular complexity index is 1280. The molecule has 1 saturated heterocycles. The van der Waals surface area contributed by atoms with Gasteiger partial charge in [-0.2, -0.15) is 5.10 Å². The molecule has 2 heterocycles. The van der Waals surface area contributed by atoms with Crippen molar-refractivity contribution in [3.05, 3.63) is 65.4 Å². The molecular weight excluding hydrogens is 484 g/mol. The monoisotopic (exact) mass is 520 g/mol. The van der Waals surface area contributed by atoms with Crippen molar-refractivity contribution in [3.8, 4) is 17.0 Å². The zero-order valence-electron chi connectivity index (χ0n) is 22.7. The number of carbonyl (C=O) groups is 2. The summed E-state index contributed by atoms with van der Waals surface area (Å²) in [6.45, 7) is 10.9. The van der Waals surface area contributed by atoms with E-state index in [1.165, 1.54) is 0 Å². The van der Waals surface area contributed by atoms with Gasteiger partial charge < -0.3 is 24.4 Å². The summed E-state index contributed by atoms with van der Waals surface area (Å²) in [6.07, 6.45) is 0. The maximum absolute atomic E-state index is 13.0. The standard InChI is InChI=1S/C29H36N4O5/c1-6-37-28(35)29(3,4)38-26-12-7-21(17-20(26)2)19-30-27(34)25-18-24(31-32(25)5)22-8-10-23(11-9-22)33-13-15-36-16-14-33/h7-12,17-18H,6,13-16,19H2,1-5H3,(H,30,34). The van der Waals surface area contributed by atoms with E-state index < -0.39 is 11.6 Å². The van der Waals surface area contributed by atoms with Crippen LogP contribution in [0.4, 0.5) is 5.69 Å². The van der Waals surface area contributed by atoms with Crippen LogP contribution in [0.1, 0.15) is 42.4 Å². The number of nitrogens with zero attached hydrogens (tertiary/aromatic N) is 3. The lowest BCUT2D eigenvalue weighted by molar-refractivity contribution is -0.158. The quantitative estimate of drug-likeness (QED) is 0.428. The molecule has 1 fully saturated rings. The van der Waals surface area contributed by atoms with Crippen molar-refractivity contribution < 1.29 is 23.8 Å². The van der Waals surface area contributed by atoms with Gasteiger partial charge in [0.05, 0.1) is 25.5 Å². The number of hydrogen-bond donors (Lipinski definition) is 1. The van der Waals surface area contributed by atoms with Gasteiger partial charge in [0.2, 0.25) is 0 Å². The molecule has 38 heavy (non-hydrogen) atoms. The van der Waals surface area contributed by atoms with Crippen LogP contribution in [0.2, 0.25) is 0 Å². The highest BCUT2D eigenvalue weighted by molar-refractivity contribution is 5.93. The van der Waals surface area contributed by atoms with E-state index in [1.54, 1.807) is 44.6 Å². The van der Waals surface area contributed by atoms with Crippen LogP contribution in [0.15, 0.2) is 48.5 Å². The molecule has 202 valence electrons. The summed E-state index contributed by atoms with van der Waals surface area (Å²) in [5.74, 6) is -0.0361. The van der Waals surface area contributed by atoms with E-state index in [0.29, 0.717) is 24.6 Å². The van der Waals surface area contributed by atoms with Gasteiger partial charge >= 0.3 is 5.97 Å². The average Bonchev–Trinajstić information content (AvgIpc) is 3.31. The van der Waals surface area contributed by atoms with Crippen molar-refractivity contribution >= 4 is 17.6 Å². The second-order valence-corrected chi connectivity index (χ2v) is 9.80. The first kappa shape index (κ1) is 27.2. The Morgan fingerprint density at radius 1 is 1.08 bits per heavy atom. The number of hydrogen-bond acceptors (Lipinski definition) is 7. The zero-order valence-corrected chi connectivity index (χ0v) is 22.7. The van der Waals surface area contributed by atoms with Gasteiger partial charge in [0, 0.05) is 37.9 Å². The fourth-order valence-electron chi connectivity index (χ4n) is 4.32. The predicted molar refractivity (Wildman–Crippen MR) is 145 cm³/mol. The first-order chi connectivity index (χ1) is 18.2. The molecule has 0 unspecified atom stereocenters. The lowest BCUT2D eigenvalue weighted by Crippen LogP contribution is -2.39. The topological polar surface area (TPSA) is 94.9 Å². The normalized spacial score (nSPS) is 13.8. The molecule has 9 heteroatoms. The van der Waals surface area contributed by atoms with Crippen molar-refractivity contribution in [3.63, 3.8) is 0 Å². The third-order valence-electron chi connectivity index (χ3n) is 6.48. The Morgan fingerprint density at radius 3 is 2.45 bits per heavy atom. The molecule has 1 amide bonds. The predicted octanol–water partition coefficient (Wildman–Crippen LogP) is 3.88. The molecule has 9 nitrogen and oxygen atoms in total. The number of morpholine rings is 1. The van der Waals surface area contributed by atoms with E-state index >= 15 is 0 Å². The van der Waals surface area contributed by atoms with E-state index in [2.05, 4.69) is 27.4 Å². The van der Waals surface area contributed by atoms with Gasteiger partial charge in [-0.15, -0.1) is 0 Å². The summed E-state index contributed by atoms with van der Waals surface area (Å²) in [4.78, 5) is 27.4. The number of anilines is 1. The minimum atomic E-state index is -1.10. The van der Waals surface area contributed by atoms with Crippen molar-refractivity contribution in [2.75, 3.05) is 37.8 Å². The Morgan fingerprint density at radius 2 is 1.79 bits per heavy atom. The van der Waals surface area contributed by atoms with E-state index in [4.69, 9.17) is 14.2 Å². The Hall–Kier alpha value is -3.85. The van der Waals surface area contributed by atoms with Crippen LogP contribution < -0.4 is 15.0 Å². The average molecular weight is 521 g/mol. The molecule has 1 aliphatic heterocycles. The first-order valence-electron chi connectivity index (χ1n) is 12.9. The number of ether oxygens (including phenoxy) is 3. The van der Waals surface area contributed by atoms with Gasteiger partial charge in [-0.1, -0.05) is 24.3 Å². The number of rotatable bonds is 9. The third-order valence-corrected chi connectivity index (χ3v) is 6.48. The lowest BCUT2D eigenvalue weighted by atomic mass is 10.1. The van der Waals surface area contributed by atoms with E-state index in [9.17, 15) is 9.59 Å². The summed E-state index contributed by atoms with van der Waals surface area (Å²) in [5.41, 5.74) is 4.00. The molecule has 0 bridgehead atoms. The molecule has 4 rings (SSSR count). The number of amides is 1. The highest BCUT2D eigenvalue weighted by Crippen LogP contribution is 2.26. The summed E-state index contributed by atoms with van der Waals surface area (Å²) in [7, 11) is 1.77. The second kappa shape index (κ2) is 11.7. The highest BCUT2D eigenvalue weighted by atomic mass is 16.6. The van der Waals surface area contributed by atoms with E-state index in [1.807, 2.05) is 31.2 Å². The number of aromatic nitrogens is 2. The lowest BCUT2D eigenvalue weighted by Gasteiger charge is -2.28. The molecule has 0 saturated carbocycles. The second-order valence-electron chi connectivity index (χ2n) is 9.80. The van der Waals surface area contributed by atoms with Crippen molar-refractivity contribution in [2.24, 2.45) is 7.05 Å². The maximum atomic E-state index is 13.0. The Balaban J connectivity index is 1.38. The van der Waals surface area contributed by atoms with Crippen LogP contribution in [-0.2, 0) is 27.9 Å². The van der Waals surface area contributed by atoms with E-state index in [-0.39, 0.29) is 5.91 Å². The molecular formula is C29H36N4O5. The smallest absolute Gasteiger partial charge is 0.349 e. The minimum Gasteiger partial charge on any atom is -0.476 e. The largest absolute Gasteiger partial charge is 0.476 e.